The number of aromatic nitrogens is 1. The average molecular weight is 153 g/mol. The van der Waals surface area contributed by atoms with Crippen molar-refractivity contribution in [1.29, 1.82) is 0 Å². The number of hydrogen-bond donors (Lipinski definition) is 0. The molecular formula is C9H15NO. The Kier molecular flexibility index (Phi) is 2.32. The smallest absolute Gasteiger partial charge is 0.197 e. The summed E-state index contributed by atoms with van der Waals surface area (Å²) < 4.78 is 5.28. The van der Waals surface area contributed by atoms with E-state index in [2.05, 4.69) is 25.8 Å². The summed E-state index contributed by atoms with van der Waals surface area (Å²) in [5.41, 5.74) is 0.965. The van der Waals surface area contributed by atoms with Crippen LogP contribution in [-0.4, -0.2) is 4.98 Å². The third-order valence-electron chi connectivity index (χ3n) is 2.03. The second-order valence-corrected chi connectivity index (χ2v) is 3.36. The molecule has 0 aromatic carbocycles. The van der Waals surface area contributed by atoms with E-state index in [1.807, 2.05) is 6.92 Å². The van der Waals surface area contributed by atoms with Gasteiger partial charge in [-0.05, 0) is 12.8 Å². The SMILES string of the molecule is Cc1coc(C(C)C(C)C)n1. The van der Waals surface area contributed by atoms with Gasteiger partial charge in [-0.25, -0.2) is 4.98 Å². The fraction of sp³-hybridized carbons (Fsp3) is 0.667. The van der Waals surface area contributed by atoms with Crippen LogP contribution in [0.15, 0.2) is 10.7 Å². The first-order chi connectivity index (χ1) is 5.11. The minimum Gasteiger partial charge on any atom is -0.448 e. The minimum atomic E-state index is 0.420. The van der Waals surface area contributed by atoms with Gasteiger partial charge in [-0.2, -0.15) is 0 Å². The Morgan fingerprint density at radius 2 is 2.00 bits per heavy atom. The van der Waals surface area contributed by atoms with Crippen molar-refractivity contribution in [3.63, 3.8) is 0 Å². The van der Waals surface area contributed by atoms with E-state index in [1.54, 1.807) is 6.26 Å². The first-order valence-corrected chi connectivity index (χ1v) is 4.03. The van der Waals surface area contributed by atoms with Gasteiger partial charge in [0.2, 0.25) is 0 Å². The van der Waals surface area contributed by atoms with Crippen LogP contribution in [-0.2, 0) is 0 Å². The number of oxazole rings is 1. The van der Waals surface area contributed by atoms with Gasteiger partial charge in [-0.15, -0.1) is 0 Å². The summed E-state index contributed by atoms with van der Waals surface area (Å²) in [5, 5.41) is 0. The molecule has 62 valence electrons. The molecule has 0 aliphatic heterocycles. The topological polar surface area (TPSA) is 26.0 Å². The van der Waals surface area contributed by atoms with Gasteiger partial charge in [-0.3, -0.25) is 0 Å². The van der Waals surface area contributed by atoms with Crippen LogP contribution in [0.4, 0.5) is 0 Å². The molecule has 0 N–H and O–H groups in total. The molecule has 0 bridgehead atoms. The molecule has 0 aliphatic carbocycles. The molecule has 1 aromatic heterocycles. The molecule has 11 heavy (non-hydrogen) atoms. The standard InChI is InChI=1S/C9H15NO/c1-6(2)8(4)9-10-7(3)5-11-9/h5-6,8H,1-4H3. The lowest BCUT2D eigenvalue weighted by atomic mass is 9.98. The highest BCUT2D eigenvalue weighted by Crippen LogP contribution is 2.22. The van der Waals surface area contributed by atoms with E-state index >= 15 is 0 Å². The van der Waals surface area contributed by atoms with Gasteiger partial charge in [0.15, 0.2) is 5.89 Å². The Bertz CT molecular complexity index is 227. The highest BCUT2D eigenvalue weighted by molar-refractivity contribution is 4.98. The highest BCUT2D eigenvalue weighted by atomic mass is 16.3. The van der Waals surface area contributed by atoms with Crippen molar-refractivity contribution < 1.29 is 4.42 Å². The van der Waals surface area contributed by atoms with E-state index in [4.69, 9.17) is 4.42 Å². The molecule has 1 aromatic rings. The summed E-state index contributed by atoms with van der Waals surface area (Å²) in [6.07, 6.45) is 1.70. The van der Waals surface area contributed by atoms with E-state index in [0.717, 1.165) is 11.6 Å². The minimum absolute atomic E-state index is 0.420. The maximum atomic E-state index is 5.28. The summed E-state index contributed by atoms with van der Waals surface area (Å²) >= 11 is 0. The third-order valence-corrected chi connectivity index (χ3v) is 2.03. The maximum absolute atomic E-state index is 5.28. The second-order valence-electron chi connectivity index (χ2n) is 3.36. The van der Waals surface area contributed by atoms with Crippen LogP contribution in [0.5, 0.6) is 0 Å². The Hall–Kier alpha value is -0.790. The van der Waals surface area contributed by atoms with E-state index in [-0.39, 0.29) is 0 Å². The van der Waals surface area contributed by atoms with E-state index < -0.39 is 0 Å². The summed E-state index contributed by atoms with van der Waals surface area (Å²) in [6.45, 7) is 8.42. The van der Waals surface area contributed by atoms with Crippen LogP contribution in [0.25, 0.3) is 0 Å². The zero-order chi connectivity index (χ0) is 8.43. The Morgan fingerprint density at radius 3 is 2.36 bits per heavy atom. The number of hydrogen-bond acceptors (Lipinski definition) is 2. The molecule has 0 saturated carbocycles. The summed E-state index contributed by atoms with van der Waals surface area (Å²) in [4.78, 5) is 4.27. The van der Waals surface area contributed by atoms with Gasteiger partial charge in [0.25, 0.3) is 0 Å². The lowest BCUT2D eigenvalue weighted by Crippen LogP contribution is -2.01. The number of rotatable bonds is 2. The molecule has 0 radical (unpaired) electrons. The zero-order valence-corrected chi connectivity index (χ0v) is 7.59. The molecule has 2 heteroatoms. The average Bonchev–Trinajstić information content (AvgIpc) is 2.34. The van der Waals surface area contributed by atoms with Crippen LogP contribution in [0.2, 0.25) is 0 Å². The third kappa shape index (κ3) is 1.82. The van der Waals surface area contributed by atoms with Crippen LogP contribution in [0.1, 0.15) is 38.3 Å². The summed E-state index contributed by atoms with van der Waals surface area (Å²) in [6, 6.07) is 0. The first kappa shape index (κ1) is 8.31. The lowest BCUT2D eigenvalue weighted by molar-refractivity contribution is 0.400. The normalized spacial score (nSPS) is 13.9. The molecule has 0 spiro atoms. The van der Waals surface area contributed by atoms with E-state index in [1.165, 1.54) is 0 Å². The number of nitrogens with zero attached hydrogens (tertiary/aromatic N) is 1. The Morgan fingerprint density at radius 1 is 1.36 bits per heavy atom. The maximum Gasteiger partial charge on any atom is 0.197 e. The lowest BCUT2D eigenvalue weighted by Gasteiger charge is -2.09. The van der Waals surface area contributed by atoms with E-state index in [9.17, 15) is 0 Å². The monoisotopic (exact) mass is 153 g/mol. The Balaban J connectivity index is 2.76. The highest BCUT2D eigenvalue weighted by Gasteiger charge is 2.14. The summed E-state index contributed by atoms with van der Waals surface area (Å²) in [7, 11) is 0. The van der Waals surface area contributed by atoms with Gasteiger partial charge >= 0.3 is 0 Å². The van der Waals surface area contributed by atoms with Crippen molar-refractivity contribution >= 4 is 0 Å². The van der Waals surface area contributed by atoms with Gasteiger partial charge in [0.1, 0.15) is 6.26 Å². The quantitative estimate of drug-likeness (QED) is 0.653. The molecule has 2 nitrogen and oxygen atoms in total. The first-order valence-electron chi connectivity index (χ1n) is 4.03. The van der Waals surface area contributed by atoms with E-state index in [0.29, 0.717) is 11.8 Å². The molecule has 1 heterocycles. The van der Waals surface area contributed by atoms with Crippen molar-refractivity contribution in [3.8, 4) is 0 Å². The second kappa shape index (κ2) is 3.07. The fourth-order valence-corrected chi connectivity index (χ4v) is 0.866. The molecule has 1 unspecified atom stereocenters. The van der Waals surface area contributed by atoms with Gasteiger partial charge in [0, 0.05) is 5.92 Å². The largest absolute Gasteiger partial charge is 0.448 e. The van der Waals surface area contributed by atoms with Gasteiger partial charge < -0.3 is 4.42 Å². The van der Waals surface area contributed by atoms with Crippen molar-refractivity contribution in [2.45, 2.75) is 33.6 Å². The van der Waals surface area contributed by atoms with Gasteiger partial charge in [0.05, 0.1) is 5.69 Å². The molecule has 0 saturated heterocycles. The van der Waals surface area contributed by atoms with Crippen LogP contribution < -0.4 is 0 Å². The molecule has 0 aliphatic rings. The predicted octanol–water partition coefficient (Wildman–Crippen LogP) is 2.74. The van der Waals surface area contributed by atoms with Gasteiger partial charge in [-0.1, -0.05) is 20.8 Å². The molecule has 1 rings (SSSR count). The number of aryl methyl sites for hydroxylation is 1. The fourth-order valence-electron chi connectivity index (χ4n) is 0.866. The Labute approximate surface area is 67.6 Å². The van der Waals surface area contributed by atoms with Crippen molar-refractivity contribution in [3.05, 3.63) is 17.8 Å². The molecular weight excluding hydrogens is 138 g/mol. The predicted molar refractivity (Wildman–Crippen MR) is 44.5 cm³/mol. The zero-order valence-electron chi connectivity index (χ0n) is 7.59. The molecule has 0 amide bonds. The van der Waals surface area contributed by atoms with Crippen LogP contribution in [0.3, 0.4) is 0 Å². The van der Waals surface area contributed by atoms with Crippen molar-refractivity contribution in [2.75, 3.05) is 0 Å². The summed E-state index contributed by atoms with van der Waals surface area (Å²) in [5.74, 6) is 1.87. The molecule has 0 fully saturated rings. The van der Waals surface area contributed by atoms with Crippen LogP contribution >= 0.6 is 0 Å². The van der Waals surface area contributed by atoms with Crippen molar-refractivity contribution in [2.24, 2.45) is 5.92 Å². The van der Waals surface area contributed by atoms with Crippen LogP contribution in [0, 0.1) is 12.8 Å². The molecule has 1 atom stereocenters. The van der Waals surface area contributed by atoms with Crippen molar-refractivity contribution in [1.82, 2.24) is 4.98 Å².